The van der Waals surface area contributed by atoms with E-state index in [1.54, 1.807) is 0 Å². The summed E-state index contributed by atoms with van der Waals surface area (Å²) in [4.78, 5) is 0. The first-order valence-electron chi connectivity index (χ1n) is 7.93. The molecule has 1 aliphatic carbocycles. The molecule has 1 saturated carbocycles. The Balaban J connectivity index is 2.37. The Hall–Kier alpha value is 0. The molecule has 0 radical (unpaired) electrons. The second kappa shape index (κ2) is 6.81. The minimum absolute atomic E-state index is 0.873. The Bertz CT molecular complexity index is 200. The Morgan fingerprint density at radius 3 is 2.00 bits per heavy atom. The van der Waals surface area contributed by atoms with Crippen LogP contribution in [0.15, 0.2) is 0 Å². The molecule has 1 aliphatic rings. The molecule has 0 saturated heterocycles. The normalized spacial score (nSPS) is 29.8. The maximum atomic E-state index is 2.47. The zero-order valence-electron chi connectivity index (χ0n) is 13.0. The molecule has 0 N–H and O–H groups in total. The van der Waals surface area contributed by atoms with E-state index in [0.717, 1.165) is 35.5 Å². The molecule has 102 valence electrons. The third kappa shape index (κ3) is 4.64. The van der Waals surface area contributed by atoms with Crippen molar-refractivity contribution in [3.05, 3.63) is 0 Å². The Labute approximate surface area is 110 Å². The van der Waals surface area contributed by atoms with E-state index in [2.05, 4.69) is 41.5 Å². The van der Waals surface area contributed by atoms with E-state index in [4.69, 9.17) is 0 Å². The van der Waals surface area contributed by atoms with Gasteiger partial charge in [0.25, 0.3) is 0 Å². The molecule has 0 spiro atoms. The van der Waals surface area contributed by atoms with E-state index in [-0.39, 0.29) is 0 Å². The lowest BCUT2D eigenvalue weighted by Crippen LogP contribution is -2.27. The first-order chi connectivity index (χ1) is 7.93. The second-order valence-corrected chi connectivity index (χ2v) is 7.28. The molecule has 0 aromatic rings. The summed E-state index contributed by atoms with van der Waals surface area (Å²) in [6.45, 7) is 14.5. The van der Waals surface area contributed by atoms with Crippen LogP contribution in [0.2, 0.25) is 0 Å². The van der Waals surface area contributed by atoms with E-state index in [0.29, 0.717) is 0 Å². The van der Waals surface area contributed by atoms with Gasteiger partial charge in [0, 0.05) is 0 Å². The molecule has 1 rings (SSSR count). The van der Waals surface area contributed by atoms with Crippen molar-refractivity contribution in [2.45, 2.75) is 73.6 Å². The zero-order valence-corrected chi connectivity index (χ0v) is 13.0. The molecule has 0 aromatic carbocycles. The van der Waals surface area contributed by atoms with Crippen molar-refractivity contribution in [1.29, 1.82) is 0 Å². The van der Waals surface area contributed by atoms with Gasteiger partial charge in [-0.25, -0.2) is 0 Å². The Morgan fingerprint density at radius 2 is 1.59 bits per heavy atom. The summed E-state index contributed by atoms with van der Waals surface area (Å²) in [5.41, 5.74) is 0. The van der Waals surface area contributed by atoms with E-state index < -0.39 is 0 Å². The van der Waals surface area contributed by atoms with Crippen molar-refractivity contribution in [3.63, 3.8) is 0 Å². The molecule has 0 bridgehead atoms. The number of hydrogen-bond acceptors (Lipinski definition) is 0. The van der Waals surface area contributed by atoms with Crippen LogP contribution in [-0.2, 0) is 0 Å². The third-order valence-corrected chi connectivity index (χ3v) is 5.34. The van der Waals surface area contributed by atoms with Crippen LogP contribution in [0, 0.1) is 35.5 Å². The van der Waals surface area contributed by atoms with Crippen LogP contribution in [0.25, 0.3) is 0 Å². The summed E-state index contributed by atoms with van der Waals surface area (Å²) in [5, 5.41) is 0. The fraction of sp³-hybridized carbons (Fsp3) is 1.00. The lowest BCUT2D eigenvalue weighted by molar-refractivity contribution is 0.135. The van der Waals surface area contributed by atoms with E-state index in [1.807, 2.05) is 0 Å². The van der Waals surface area contributed by atoms with Crippen molar-refractivity contribution in [1.82, 2.24) is 0 Å². The summed E-state index contributed by atoms with van der Waals surface area (Å²) in [6.07, 6.45) is 7.30. The van der Waals surface area contributed by atoms with Gasteiger partial charge in [-0.3, -0.25) is 0 Å². The minimum atomic E-state index is 0.873. The molecule has 0 aromatic heterocycles. The summed E-state index contributed by atoms with van der Waals surface area (Å²) >= 11 is 0. The quantitative estimate of drug-likeness (QED) is 0.528. The second-order valence-electron chi connectivity index (χ2n) is 7.28. The summed E-state index contributed by atoms with van der Waals surface area (Å²) < 4.78 is 0. The van der Waals surface area contributed by atoms with Gasteiger partial charge in [0.1, 0.15) is 0 Å². The maximum Gasteiger partial charge on any atom is -0.0386 e. The van der Waals surface area contributed by atoms with Crippen LogP contribution in [0.1, 0.15) is 73.6 Å². The fourth-order valence-electron chi connectivity index (χ4n) is 3.44. The largest absolute Gasteiger partial charge is 0.0651 e. The molecule has 17 heavy (non-hydrogen) atoms. The highest BCUT2D eigenvalue weighted by atomic mass is 14.4. The smallest absolute Gasteiger partial charge is 0.0386 e. The van der Waals surface area contributed by atoms with Crippen LogP contribution >= 0.6 is 0 Å². The summed E-state index contributed by atoms with van der Waals surface area (Å²) in [6, 6.07) is 0. The molecule has 1 fully saturated rings. The van der Waals surface area contributed by atoms with Crippen LogP contribution in [-0.4, -0.2) is 0 Å². The van der Waals surface area contributed by atoms with Crippen LogP contribution in [0.5, 0.6) is 0 Å². The van der Waals surface area contributed by atoms with E-state index in [9.17, 15) is 0 Å². The van der Waals surface area contributed by atoms with Crippen molar-refractivity contribution in [2.24, 2.45) is 35.5 Å². The van der Waals surface area contributed by atoms with Crippen LogP contribution < -0.4 is 0 Å². The van der Waals surface area contributed by atoms with Crippen LogP contribution in [0.4, 0.5) is 0 Å². The molecular formula is C17H34. The maximum absolute atomic E-state index is 2.47. The molecule has 0 aliphatic heterocycles. The van der Waals surface area contributed by atoms with Gasteiger partial charge in [-0.15, -0.1) is 0 Å². The molecule has 0 nitrogen and oxygen atoms in total. The highest BCUT2D eigenvalue weighted by molar-refractivity contribution is 4.80. The van der Waals surface area contributed by atoms with Gasteiger partial charge in [0.05, 0.1) is 0 Å². The lowest BCUT2D eigenvalue weighted by atomic mass is 9.68. The van der Waals surface area contributed by atoms with Gasteiger partial charge in [-0.05, 0) is 61.2 Å². The van der Waals surface area contributed by atoms with E-state index in [1.165, 1.54) is 32.1 Å². The number of hydrogen-bond donors (Lipinski definition) is 0. The van der Waals surface area contributed by atoms with Crippen molar-refractivity contribution >= 4 is 0 Å². The van der Waals surface area contributed by atoms with Crippen molar-refractivity contribution in [2.75, 3.05) is 0 Å². The van der Waals surface area contributed by atoms with Gasteiger partial charge in [0.15, 0.2) is 0 Å². The SMILES string of the molecule is CCC(C)C(C)CC(CC1CC(C)C1)C(C)C. The van der Waals surface area contributed by atoms with Gasteiger partial charge in [-0.2, -0.15) is 0 Å². The standard InChI is InChI=1S/C17H34/c1-7-14(5)15(6)10-17(12(2)3)11-16-8-13(4)9-16/h12-17H,7-11H2,1-6H3. The lowest BCUT2D eigenvalue weighted by Gasteiger charge is -2.37. The molecule has 3 unspecified atom stereocenters. The molecule has 0 heterocycles. The highest BCUT2D eigenvalue weighted by Gasteiger charge is 2.29. The van der Waals surface area contributed by atoms with Crippen molar-refractivity contribution in [3.8, 4) is 0 Å². The summed E-state index contributed by atoms with van der Waals surface area (Å²) in [5.74, 6) is 5.72. The first-order valence-corrected chi connectivity index (χ1v) is 7.93. The predicted molar refractivity (Wildman–Crippen MR) is 78.1 cm³/mol. The first kappa shape index (κ1) is 15.1. The number of rotatable bonds is 7. The summed E-state index contributed by atoms with van der Waals surface area (Å²) in [7, 11) is 0. The fourth-order valence-corrected chi connectivity index (χ4v) is 3.44. The average molecular weight is 238 g/mol. The van der Waals surface area contributed by atoms with Gasteiger partial charge >= 0.3 is 0 Å². The average Bonchev–Trinajstić information content (AvgIpc) is 2.24. The van der Waals surface area contributed by atoms with Crippen molar-refractivity contribution < 1.29 is 0 Å². The topological polar surface area (TPSA) is 0 Å². The Morgan fingerprint density at radius 1 is 1.00 bits per heavy atom. The molecule has 0 amide bonds. The Kier molecular flexibility index (Phi) is 6.03. The van der Waals surface area contributed by atoms with Crippen LogP contribution in [0.3, 0.4) is 0 Å². The predicted octanol–water partition coefficient (Wildman–Crippen LogP) is 5.77. The van der Waals surface area contributed by atoms with Gasteiger partial charge in [0.2, 0.25) is 0 Å². The molecular weight excluding hydrogens is 204 g/mol. The van der Waals surface area contributed by atoms with Gasteiger partial charge in [-0.1, -0.05) is 48.0 Å². The third-order valence-electron chi connectivity index (χ3n) is 5.34. The zero-order chi connectivity index (χ0) is 13.0. The van der Waals surface area contributed by atoms with E-state index >= 15 is 0 Å². The molecule has 0 heteroatoms. The monoisotopic (exact) mass is 238 g/mol. The van der Waals surface area contributed by atoms with Gasteiger partial charge < -0.3 is 0 Å². The highest BCUT2D eigenvalue weighted by Crippen LogP contribution is 2.41. The minimum Gasteiger partial charge on any atom is -0.0651 e. The molecule has 3 atom stereocenters.